The number of carbonyl (C=O) groups excluding carboxylic acids is 2. The van der Waals surface area contributed by atoms with E-state index >= 15 is 0 Å². The van der Waals surface area contributed by atoms with Crippen molar-refractivity contribution >= 4 is 21.8 Å². The number of hydrogen-bond acceptors (Lipinski definition) is 4. The van der Waals surface area contributed by atoms with Crippen molar-refractivity contribution in [2.75, 3.05) is 19.6 Å². The molecule has 0 heterocycles. The number of halogens is 1. The average Bonchev–Trinajstić information content (AvgIpc) is 3.26. The highest BCUT2D eigenvalue weighted by molar-refractivity contribution is 7.89. The Morgan fingerprint density at radius 3 is 2.48 bits per heavy atom. The van der Waals surface area contributed by atoms with Crippen LogP contribution in [-0.4, -0.2) is 50.2 Å². The molecule has 2 unspecified atom stereocenters. The molecule has 0 aromatic heterocycles. The fourth-order valence-electron chi connectivity index (χ4n) is 4.23. The second-order valence-corrected chi connectivity index (χ2v) is 10.1. The molecule has 1 aliphatic carbocycles. The molecule has 0 bridgehead atoms. The van der Waals surface area contributed by atoms with Gasteiger partial charge in [0.25, 0.3) is 5.91 Å². The topological polar surface area (TPSA) is 95.6 Å². The summed E-state index contributed by atoms with van der Waals surface area (Å²) in [7, 11) is -3.68. The fraction of sp³-hybridized carbons (Fsp3) is 0.417. The summed E-state index contributed by atoms with van der Waals surface area (Å²) in [6.45, 7) is 3.95. The minimum Gasteiger partial charge on any atom is -0.352 e. The summed E-state index contributed by atoms with van der Waals surface area (Å²) in [6.07, 6.45) is 2.36. The van der Waals surface area contributed by atoms with Crippen LogP contribution in [0.1, 0.15) is 54.9 Å². The maximum Gasteiger partial charge on any atom is 0.251 e. The summed E-state index contributed by atoms with van der Waals surface area (Å²) < 4.78 is 40.2. The van der Waals surface area contributed by atoms with Crippen LogP contribution in [-0.2, 0) is 14.8 Å². The molecule has 178 valence electrons. The molecule has 9 heteroatoms. The lowest BCUT2D eigenvalue weighted by Crippen LogP contribution is -2.41. The van der Waals surface area contributed by atoms with Crippen molar-refractivity contribution in [2.24, 2.45) is 0 Å². The van der Waals surface area contributed by atoms with Crippen molar-refractivity contribution in [3.05, 3.63) is 65.5 Å². The van der Waals surface area contributed by atoms with Gasteiger partial charge in [0.2, 0.25) is 15.9 Å². The molecule has 33 heavy (non-hydrogen) atoms. The Kier molecular flexibility index (Phi) is 8.20. The van der Waals surface area contributed by atoms with Crippen LogP contribution in [0.4, 0.5) is 4.39 Å². The molecule has 1 saturated carbocycles. The van der Waals surface area contributed by atoms with Gasteiger partial charge in [0, 0.05) is 24.7 Å². The van der Waals surface area contributed by atoms with Crippen molar-refractivity contribution < 1.29 is 22.4 Å². The molecule has 2 N–H and O–H groups in total. The molecule has 0 saturated heterocycles. The smallest absolute Gasteiger partial charge is 0.251 e. The molecule has 0 spiro atoms. The molecule has 3 rings (SSSR count). The number of amides is 2. The van der Waals surface area contributed by atoms with E-state index < -0.39 is 15.9 Å². The molecule has 2 aromatic carbocycles. The zero-order valence-corrected chi connectivity index (χ0v) is 19.7. The molecule has 1 aliphatic rings. The van der Waals surface area contributed by atoms with E-state index in [0.29, 0.717) is 19.5 Å². The van der Waals surface area contributed by atoms with Gasteiger partial charge in [0.15, 0.2) is 0 Å². The SMILES string of the molecule is CCN(CC)S(=O)(=O)c1cccc(C(=O)NCC(=O)NC2CCC(c3cccc(F)c3)C2)c1. The van der Waals surface area contributed by atoms with E-state index in [-0.39, 0.29) is 40.7 Å². The van der Waals surface area contributed by atoms with E-state index in [4.69, 9.17) is 0 Å². The average molecular weight is 476 g/mol. The first-order valence-electron chi connectivity index (χ1n) is 11.2. The summed E-state index contributed by atoms with van der Waals surface area (Å²) in [4.78, 5) is 24.9. The third-order valence-corrected chi connectivity index (χ3v) is 8.01. The fourth-order valence-corrected chi connectivity index (χ4v) is 5.73. The van der Waals surface area contributed by atoms with E-state index in [1.165, 1.54) is 40.7 Å². The first kappa shape index (κ1) is 24.9. The second-order valence-electron chi connectivity index (χ2n) is 8.13. The van der Waals surface area contributed by atoms with E-state index in [2.05, 4.69) is 10.6 Å². The number of nitrogens with one attached hydrogen (secondary N) is 2. The minimum absolute atomic E-state index is 0.0368. The van der Waals surface area contributed by atoms with Crippen LogP contribution in [0.2, 0.25) is 0 Å². The van der Waals surface area contributed by atoms with Crippen LogP contribution >= 0.6 is 0 Å². The Morgan fingerprint density at radius 2 is 1.79 bits per heavy atom. The van der Waals surface area contributed by atoms with Crippen LogP contribution < -0.4 is 10.6 Å². The zero-order valence-electron chi connectivity index (χ0n) is 18.9. The molecule has 0 aliphatic heterocycles. The zero-order chi connectivity index (χ0) is 24.0. The Hall–Kier alpha value is -2.78. The second kappa shape index (κ2) is 10.9. The summed E-state index contributed by atoms with van der Waals surface area (Å²) in [5.41, 5.74) is 1.10. The van der Waals surface area contributed by atoms with Crippen LogP contribution in [0.3, 0.4) is 0 Å². The van der Waals surface area contributed by atoms with Crippen molar-refractivity contribution in [1.29, 1.82) is 0 Å². The van der Waals surface area contributed by atoms with Crippen molar-refractivity contribution in [3.8, 4) is 0 Å². The van der Waals surface area contributed by atoms with Gasteiger partial charge in [-0.15, -0.1) is 0 Å². The van der Waals surface area contributed by atoms with Crippen molar-refractivity contribution in [2.45, 2.75) is 50.0 Å². The van der Waals surface area contributed by atoms with Crippen LogP contribution in [0, 0.1) is 5.82 Å². The Balaban J connectivity index is 1.53. The maximum absolute atomic E-state index is 13.5. The van der Waals surface area contributed by atoms with Gasteiger partial charge in [0.05, 0.1) is 11.4 Å². The van der Waals surface area contributed by atoms with Gasteiger partial charge in [-0.25, -0.2) is 12.8 Å². The van der Waals surface area contributed by atoms with Crippen LogP contribution in [0.25, 0.3) is 0 Å². The van der Waals surface area contributed by atoms with E-state index in [0.717, 1.165) is 18.4 Å². The molecule has 7 nitrogen and oxygen atoms in total. The third-order valence-electron chi connectivity index (χ3n) is 5.97. The number of benzene rings is 2. The van der Waals surface area contributed by atoms with Crippen LogP contribution in [0.5, 0.6) is 0 Å². The molecule has 2 amide bonds. The van der Waals surface area contributed by atoms with Gasteiger partial charge >= 0.3 is 0 Å². The molecule has 1 fully saturated rings. The van der Waals surface area contributed by atoms with Gasteiger partial charge in [-0.2, -0.15) is 4.31 Å². The highest BCUT2D eigenvalue weighted by Crippen LogP contribution is 2.34. The minimum atomic E-state index is -3.68. The highest BCUT2D eigenvalue weighted by atomic mass is 32.2. The number of hydrogen-bond donors (Lipinski definition) is 2. The quantitative estimate of drug-likeness (QED) is 0.583. The third kappa shape index (κ3) is 6.17. The maximum atomic E-state index is 13.5. The number of sulfonamides is 1. The number of nitrogens with zero attached hydrogens (tertiary/aromatic N) is 1. The number of carbonyl (C=O) groups is 2. The summed E-state index contributed by atoms with van der Waals surface area (Å²) in [5.74, 6) is -0.918. The summed E-state index contributed by atoms with van der Waals surface area (Å²) >= 11 is 0. The van der Waals surface area contributed by atoms with E-state index in [1.807, 2.05) is 6.07 Å². The number of rotatable bonds is 9. The van der Waals surface area contributed by atoms with Gasteiger partial charge in [0.1, 0.15) is 5.82 Å². The molecule has 0 radical (unpaired) electrons. The lowest BCUT2D eigenvalue weighted by molar-refractivity contribution is -0.120. The summed E-state index contributed by atoms with van der Waals surface area (Å²) in [5, 5.41) is 5.47. The molecular weight excluding hydrogens is 445 g/mol. The lowest BCUT2D eigenvalue weighted by atomic mass is 9.97. The van der Waals surface area contributed by atoms with Crippen molar-refractivity contribution in [1.82, 2.24) is 14.9 Å². The molecular formula is C24H30FN3O4S. The summed E-state index contributed by atoms with van der Waals surface area (Å²) in [6, 6.07) is 12.3. The van der Waals surface area contributed by atoms with Gasteiger partial charge in [-0.1, -0.05) is 32.0 Å². The standard InChI is InChI=1S/C24H30FN3O4S/c1-3-28(4-2)33(31,32)22-10-6-8-19(15-22)24(30)26-16-23(29)27-21-12-11-18(14-21)17-7-5-9-20(25)13-17/h5-10,13,15,18,21H,3-4,11-12,14,16H2,1-2H3,(H,26,30)(H,27,29). The lowest BCUT2D eigenvalue weighted by Gasteiger charge is -2.18. The van der Waals surface area contributed by atoms with Crippen molar-refractivity contribution in [3.63, 3.8) is 0 Å². The molecule has 2 aromatic rings. The highest BCUT2D eigenvalue weighted by Gasteiger charge is 2.27. The monoisotopic (exact) mass is 475 g/mol. The largest absolute Gasteiger partial charge is 0.352 e. The normalized spacial score (nSPS) is 18.3. The first-order chi connectivity index (χ1) is 15.7. The predicted molar refractivity (Wildman–Crippen MR) is 124 cm³/mol. The molecule has 2 atom stereocenters. The predicted octanol–water partition coefficient (Wildman–Crippen LogP) is 3.04. The van der Waals surface area contributed by atoms with Gasteiger partial charge in [-0.3, -0.25) is 9.59 Å². The van der Waals surface area contributed by atoms with E-state index in [1.54, 1.807) is 19.9 Å². The first-order valence-corrected chi connectivity index (χ1v) is 12.6. The Labute approximate surface area is 194 Å². The van der Waals surface area contributed by atoms with Gasteiger partial charge < -0.3 is 10.6 Å². The van der Waals surface area contributed by atoms with Gasteiger partial charge in [-0.05, 0) is 61.1 Å². The van der Waals surface area contributed by atoms with E-state index in [9.17, 15) is 22.4 Å². The van der Waals surface area contributed by atoms with Crippen LogP contribution in [0.15, 0.2) is 53.4 Å². The Morgan fingerprint density at radius 1 is 1.06 bits per heavy atom. The Bertz CT molecular complexity index is 1100.